The molecule has 25 heavy (non-hydrogen) atoms. The highest BCUT2D eigenvalue weighted by Crippen LogP contribution is 2.50. The second-order valence-electron chi connectivity index (χ2n) is 8.37. The summed E-state index contributed by atoms with van der Waals surface area (Å²) in [5, 5.41) is 13.6. The molecule has 2 aliphatic rings. The second-order valence-corrected chi connectivity index (χ2v) is 8.37. The maximum Gasteiger partial charge on any atom is 0.115 e. The summed E-state index contributed by atoms with van der Waals surface area (Å²) < 4.78 is 6.26. The van der Waals surface area contributed by atoms with Gasteiger partial charge in [-0.15, -0.1) is 0 Å². The van der Waals surface area contributed by atoms with Crippen molar-refractivity contribution in [2.24, 2.45) is 5.92 Å². The molecule has 0 aliphatic carbocycles. The normalized spacial score (nSPS) is 25.6. The molecule has 2 heterocycles. The van der Waals surface area contributed by atoms with Crippen LogP contribution in [-0.4, -0.2) is 11.7 Å². The molecule has 2 N–H and O–H groups in total. The van der Waals surface area contributed by atoms with Gasteiger partial charge >= 0.3 is 0 Å². The van der Waals surface area contributed by atoms with E-state index in [2.05, 4.69) is 50.4 Å². The predicted octanol–water partition coefficient (Wildman–Crippen LogP) is 5.32. The Morgan fingerprint density at radius 1 is 1.12 bits per heavy atom. The first-order chi connectivity index (χ1) is 11.9. The van der Waals surface area contributed by atoms with Crippen molar-refractivity contribution in [1.82, 2.24) is 0 Å². The van der Waals surface area contributed by atoms with Crippen LogP contribution in [0.2, 0.25) is 0 Å². The molecule has 0 radical (unpaired) electrons. The van der Waals surface area contributed by atoms with Gasteiger partial charge in [-0.05, 0) is 47.6 Å². The van der Waals surface area contributed by atoms with Crippen LogP contribution in [0.5, 0.6) is 5.75 Å². The van der Waals surface area contributed by atoms with E-state index in [1.807, 2.05) is 12.1 Å². The lowest BCUT2D eigenvalue weighted by atomic mass is 9.76. The van der Waals surface area contributed by atoms with E-state index < -0.39 is 0 Å². The number of rotatable bonds is 1. The Morgan fingerprint density at radius 3 is 2.72 bits per heavy atom. The number of phenols is 1. The van der Waals surface area contributed by atoms with E-state index in [0.717, 1.165) is 30.7 Å². The molecule has 4 rings (SSSR count). The number of anilines is 1. The molecule has 2 aromatic carbocycles. The molecule has 132 valence electrons. The van der Waals surface area contributed by atoms with Crippen LogP contribution in [0.3, 0.4) is 0 Å². The fraction of sp³-hybridized carbons (Fsp3) is 0.455. The molecule has 3 heteroatoms. The first-order valence-corrected chi connectivity index (χ1v) is 9.25. The van der Waals surface area contributed by atoms with Crippen LogP contribution in [0.15, 0.2) is 42.5 Å². The highest BCUT2D eigenvalue weighted by Gasteiger charge is 2.40. The largest absolute Gasteiger partial charge is 0.508 e. The number of benzene rings is 2. The summed E-state index contributed by atoms with van der Waals surface area (Å²) in [6.07, 6.45) is 2.35. The summed E-state index contributed by atoms with van der Waals surface area (Å²) in [6, 6.07) is 14.5. The average molecular weight is 337 g/mol. The Kier molecular flexibility index (Phi) is 3.99. The van der Waals surface area contributed by atoms with E-state index >= 15 is 0 Å². The summed E-state index contributed by atoms with van der Waals surface area (Å²) >= 11 is 0. The summed E-state index contributed by atoms with van der Waals surface area (Å²) in [6.45, 7) is 7.58. The standard InChI is InChI=1S/C22H27NO2/c1-22(2,3)15-9-10-19-18(13-15)21-17(8-5-11-25-21)20(23-19)14-6-4-7-16(24)12-14/h4,6-7,9-10,12-13,17,20-21,23-24H,5,8,11H2,1-3H3/t17?,20-,21-/m0/s1. The van der Waals surface area contributed by atoms with E-state index in [-0.39, 0.29) is 17.6 Å². The summed E-state index contributed by atoms with van der Waals surface area (Å²) in [5.74, 6) is 0.708. The first-order valence-electron chi connectivity index (χ1n) is 9.25. The Bertz CT molecular complexity index is 778. The minimum absolute atomic E-state index is 0.125. The van der Waals surface area contributed by atoms with Gasteiger partial charge < -0.3 is 15.2 Å². The van der Waals surface area contributed by atoms with Crippen molar-refractivity contribution in [3.8, 4) is 5.75 Å². The van der Waals surface area contributed by atoms with E-state index in [1.165, 1.54) is 11.1 Å². The number of aromatic hydroxyl groups is 1. The van der Waals surface area contributed by atoms with Gasteiger partial charge in [0, 0.05) is 23.8 Å². The van der Waals surface area contributed by atoms with Crippen LogP contribution in [0.4, 0.5) is 5.69 Å². The van der Waals surface area contributed by atoms with Gasteiger partial charge in [0.1, 0.15) is 5.75 Å². The molecule has 0 saturated carbocycles. The van der Waals surface area contributed by atoms with Crippen LogP contribution in [0, 0.1) is 5.92 Å². The van der Waals surface area contributed by atoms with Gasteiger partial charge in [0.05, 0.1) is 12.1 Å². The number of ether oxygens (including phenoxy) is 1. The Morgan fingerprint density at radius 2 is 1.96 bits per heavy atom. The summed E-state index contributed by atoms with van der Waals surface area (Å²) in [4.78, 5) is 0. The van der Waals surface area contributed by atoms with Gasteiger partial charge in [0.2, 0.25) is 0 Å². The highest BCUT2D eigenvalue weighted by molar-refractivity contribution is 5.59. The summed E-state index contributed by atoms with van der Waals surface area (Å²) in [5.41, 5.74) is 5.04. The molecule has 0 spiro atoms. The fourth-order valence-corrected chi connectivity index (χ4v) is 4.19. The van der Waals surface area contributed by atoms with Crippen LogP contribution in [0.1, 0.15) is 62.4 Å². The van der Waals surface area contributed by atoms with Crippen molar-refractivity contribution in [2.45, 2.75) is 51.2 Å². The van der Waals surface area contributed by atoms with Crippen molar-refractivity contribution < 1.29 is 9.84 Å². The molecule has 1 fully saturated rings. The smallest absolute Gasteiger partial charge is 0.115 e. The minimum atomic E-state index is 0.125. The third-order valence-corrected chi connectivity index (χ3v) is 5.56. The molecule has 0 aromatic heterocycles. The molecule has 1 saturated heterocycles. The zero-order chi connectivity index (χ0) is 17.6. The monoisotopic (exact) mass is 337 g/mol. The average Bonchev–Trinajstić information content (AvgIpc) is 2.60. The minimum Gasteiger partial charge on any atom is -0.508 e. The van der Waals surface area contributed by atoms with E-state index in [4.69, 9.17) is 4.74 Å². The van der Waals surface area contributed by atoms with Gasteiger partial charge in [-0.3, -0.25) is 0 Å². The Labute approximate surface area is 150 Å². The third-order valence-electron chi connectivity index (χ3n) is 5.56. The lowest BCUT2D eigenvalue weighted by Crippen LogP contribution is -2.36. The van der Waals surface area contributed by atoms with Gasteiger partial charge in [-0.2, -0.15) is 0 Å². The topological polar surface area (TPSA) is 41.5 Å². The maximum atomic E-state index is 9.90. The van der Waals surface area contributed by atoms with Gasteiger partial charge in [-0.25, -0.2) is 0 Å². The molecule has 2 aliphatic heterocycles. The second kappa shape index (κ2) is 6.06. The molecular weight excluding hydrogens is 310 g/mol. The molecule has 3 atom stereocenters. The van der Waals surface area contributed by atoms with Crippen LogP contribution >= 0.6 is 0 Å². The van der Waals surface area contributed by atoms with Crippen LogP contribution < -0.4 is 5.32 Å². The number of fused-ring (bicyclic) bond motifs is 3. The van der Waals surface area contributed by atoms with Crippen molar-refractivity contribution in [1.29, 1.82) is 0 Å². The molecule has 3 nitrogen and oxygen atoms in total. The van der Waals surface area contributed by atoms with Crippen molar-refractivity contribution in [3.63, 3.8) is 0 Å². The zero-order valence-corrected chi connectivity index (χ0v) is 15.3. The number of nitrogens with one attached hydrogen (secondary N) is 1. The summed E-state index contributed by atoms with van der Waals surface area (Å²) in [7, 11) is 0. The molecule has 0 amide bonds. The SMILES string of the molecule is CC(C)(C)c1ccc2c(c1)[C@H]1OCCCC1[C@H](c1cccc(O)c1)N2. The van der Waals surface area contributed by atoms with E-state index in [1.54, 1.807) is 6.07 Å². The zero-order valence-electron chi connectivity index (χ0n) is 15.3. The van der Waals surface area contributed by atoms with Gasteiger partial charge in [-0.1, -0.05) is 45.0 Å². The van der Waals surface area contributed by atoms with Crippen molar-refractivity contribution in [3.05, 3.63) is 59.2 Å². The van der Waals surface area contributed by atoms with E-state index in [9.17, 15) is 5.11 Å². The van der Waals surface area contributed by atoms with Crippen molar-refractivity contribution in [2.75, 3.05) is 11.9 Å². The van der Waals surface area contributed by atoms with Crippen molar-refractivity contribution >= 4 is 5.69 Å². The fourth-order valence-electron chi connectivity index (χ4n) is 4.19. The van der Waals surface area contributed by atoms with Crippen LogP contribution in [-0.2, 0) is 10.2 Å². The Hall–Kier alpha value is -2.00. The molecule has 1 unspecified atom stereocenters. The van der Waals surface area contributed by atoms with E-state index in [0.29, 0.717) is 11.7 Å². The van der Waals surface area contributed by atoms with Gasteiger partial charge in [0.15, 0.2) is 0 Å². The lowest BCUT2D eigenvalue weighted by Gasteiger charge is -2.44. The maximum absolute atomic E-state index is 9.90. The first kappa shape index (κ1) is 16.5. The van der Waals surface area contributed by atoms with Crippen LogP contribution in [0.25, 0.3) is 0 Å². The molecular formula is C22H27NO2. The molecule has 0 bridgehead atoms. The molecule has 2 aromatic rings. The number of hydrogen-bond donors (Lipinski definition) is 2. The Balaban J connectivity index is 1.78. The number of phenolic OH excluding ortho intramolecular Hbond substituents is 1. The predicted molar refractivity (Wildman–Crippen MR) is 101 cm³/mol. The lowest BCUT2D eigenvalue weighted by molar-refractivity contribution is -0.0382. The van der Waals surface area contributed by atoms with Gasteiger partial charge in [0.25, 0.3) is 0 Å². The number of hydrogen-bond acceptors (Lipinski definition) is 3. The quantitative estimate of drug-likeness (QED) is 0.739. The third kappa shape index (κ3) is 3.02. The highest BCUT2D eigenvalue weighted by atomic mass is 16.5.